The molecule has 6 heteroatoms. The zero-order chi connectivity index (χ0) is 18.3. The van der Waals surface area contributed by atoms with Crippen molar-refractivity contribution in [2.45, 2.75) is 32.3 Å². The molecule has 0 bridgehead atoms. The van der Waals surface area contributed by atoms with Crippen molar-refractivity contribution in [3.63, 3.8) is 0 Å². The zero-order valence-corrected chi connectivity index (χ0v) is 14.5. The van der Waals surface area contributed by atoms with Crippen LogP contribution in [0.4, 0.5) is 0 Å². The molecule has 0 aliphatic carbocycles. The van der Waals surface area contributed by atoms with Crippen LogP contribution in [0.3, 0.4) is 0 Å². The van der Waals surface area contributed by atoms with E-state index in [2.05, 4.69) is 10.6 Å². The van der Waals surface area contributed by atoms with Gasteiger partial charge in [-0.2, -0.15) is 0 Å². The number of hydrogen-bond donors (Lipinski definition) is 3. The maximum absolute atomic E-state index is 11.8. The van der Waals surface area contributed by atoms with Crippen LogP contribution in [0.1, 0.15) is 30.2 Å². The Morgan fingerprint density at radius 1 is 1.12 bits per heavy atom. The molecule has 0 aliphatic heterocycles. The molecule has 134 valence electrons. The summed E-state index contributed by atoms with van der Waals surface area (Å²) in [5.41, 5.74) is 0.962. The van der Waals surface area contributed by atoms with Crippen molar-refractivity contribution in [1.82, 2.24) is 10.6 Å². The lowest BCUT2D eigenvalue weighted by Crippen LogP contribution is -2.43. The molecule has 1 atom stereocenters. The minimum atomic E-state index is -1.30. The van der Waals surface area contributed by atoms with Crippen molar-refractivity contribution in [2.75, 3.05) is 13.1 Å². The van der Waals surface area contributed by atoms with E-state index in [1.807, 2.05) is 31.2 Å². The van der Waals surface area contributed by atoms with Crippen LogP contribution in [-0.2, 0) is 21.6 Å². The third kappa shape index (κ3) is 6.08. The quantitative estimate of drug-likeness (QED) is 0.679. The minimum absolute atomic E-state index is 0.00141. The van der Waals surface area contributed by atoms with Crippen molar-refractivity contribution >= 4 is 11.8 Å². The SMILES string of the molecule is Cc1ccc(CCC(=O)NCC(=O)NCC(C)(O)c2ccco2)cc1. The Morgan fingerprint density at radius 3 is 2.48 bits per heavy atom. The van der Waals surface area contributed by atoms with E-state index in [4.69, 9.17) is 4.42 Å². The first kappa shape index (κ1) is 18.7. The summed E-state index contributed by atoms with van der Waals surface area (Å²) >= 11 is 0. The summed E-state index contributed by atoms with van der Waals surface area (Å²) in [4.78, 5) is 23.6. The summed E-state index contributed by atoms with van der Waals surface area (Å²) in [7, 11) is 0. The fourth-order valence-electron chi connectivity index (χ4n) is 2.29. The number of nitrogens with one attached hydrogen (secondary N) is 2. The van der Waals surface area contributed by atoms with Crippen LogP contribution in [0.25, 0.3) is 0 Å². The second kappa shape index (κ2) is 8.48. The van der Waals surface area contributed by atoms with Gasteiger partial charge in [0.2, 0.25) is 11.8 Å². The van der Waals surface area contributed by atoms with E-state index in [9.17, 15) is 14.7 Å². The molecule has 0 saturated carbocycles. The predicted molar refractivity (Wildman–Crippen MR) is 93.8 cm³/mol. The summed E-state index contributed by atoms with van der Waals surface area (Å²) in [5.74, 6) is -0.182. The molecular formula is C19H24N2O4. The number of carbonyl (C=O) groups is 2. The number of benzene rings is 1. The van der Waals surface area contributed by atoms with Crippen molar-refractivity contribution in [3.8, 4) is 0 Å². The maximum Gasteiger partial charge on any atom is 0.239 e. The first-order valence-electron chi connectivity index (χ1n) is 8.22. The van der Waals surface area contributed by atoms with Crippen LogP contribution in [0.5, 0.6) is 0 Å². The van der Waals surface area contributed by atoms with Gasteiger partial charge in [-0.1, -0.05) is 29.8 Å². The van der Waals surface area contributed by atoms with Crippen molar-refractivity contribution in [1.29, 1.82) is 0 Å². The molecule has 0 saturated heterocycles. The van der Waals surface area contributed by atoms with E-state index in [0.717, 1.165) is 5.56 Å². The fourth-order valence-corrected chi connectivity index (χ4v) is 2.29. The largest absolute Gasteiger partial charge is 0.466 e. The third-order valence-electron chi connectivity index (χ3n) is 3.89. The van der Waals surface area contributed by atoms with Gasteiger partial charge in [-0.3, -0.25) is 9.59 Å². The van der Waals surface area contributed by atoms with Crippen LogP contribution in [0.2, 0.25) is 0 Å². The van der Waals surface area contributed by atoms with Crippen LogP contribution in [0.15, 0.2) is 47.1 Å². The van der Waals surface area contributed by atoms with Crippen LogP contribution >= 0.6 is 0 Å². The van der Waals surface area contributed by atoms with Gasteiger partial charge >= 0.3 is 0 Å². The van der Waals surface area contributed by atoms with Crippen LogP contribution in [0, 0.1) is 6.92 Å². The molecule has 2 rings (SSSR count). The van der Waals surface area contributed by atoms with Gasteiger partial charge in [0.25, 0.3) is 0 Å². The standard InChI is InChI=1S/C19H24N2O4/c1-14-5-7-15(8-6-14)9-10-17(22)20-12-18(23)21-13-19(2,24)16-4-3-11-25-16/h3-8,11,24H,9-10,12-13H2,1-2H3,(H,20,22)(H,21,23). The fraction of sp³-hybridized carbons (Fsp3) is 0.368. The number of rotatable bonds is 8. The second-order valence-electron chi connectivity index (χ2n) is 6.29. The molecule has 0 radical (unpaired) electrons. The summed E-state index contributed by atoms with van der Waals surface area (Å²) < 4.78 is 5.14. The number of aliphatic hydroxyl groups is 1. The highest BCUT2D eigenvalue weighted by molar-refractivity contribution is 5.84. The van der Waals surface area contributed by atoms with E-state index in [-0.39, 0.29) is 24.9 Å². The second-order valence-corrected chi connectivity index (χ2v) is 6.29. The molecule has 1 heterocycles. The molecule has 3 N–H and O–H groups in total. The molecule has 1 aromatic heterocycles. The van der Waals surface area contributed by atoms with Gasteiger partial charge in [0.1, 0.15) is 11.4 Å². The molecule has 1 aromatic carbocycles. The zero-order valence-electron chi connectivity index (χ0n) is 14.5. The van der Waals surface area contributed by atoms with Gasteiger partial charge in [-0.05, 0) is 38.0 Å². The smallest absolute Gasteiger partial charge is 0.239 e. The molecule has 0 aliphatic rings. The van der Waals surface area contributed by atoms with E-state index < -0.39 is 5.60 Å². The van der Waals surface area contributed by atoms with Gasteiger partial charge in [-0.15, -0.1) is 0 Å². The Hall–Kier alpha value is -2.60. The number of carbonyl (C=O) groups excluding carboxylic acids is 2. The molecule has 0 spiro atoms. The van der Waals surface area contributed by atoms with E-state index in [1.165, 1.54) is 11.8 Å². The Labute approximate surface area is 147 Å². The Kier molecular flexibility index (Phi) is 6.36. The first-order chi connectivity index (χ1) is 11.9. The van der Waals surface area contributed by atoms with Crippen molar-refractivity contribution < 1.29 is 19.1 Å². The van der Waals surface area contributed by atoms with Crippen molar-refractivity contribution in [2.24, 2.45) is 0 Å². The topological polar surface area (TPSA) is 91.6 Å². The summed E-state index contributed by atoms with van der Waals surface area (Å²) in [6, 6.07) is 11.3. The molecule has 25 heavy (non-hydrogen) atoms. The van der Waals surface area contributed by atoms with Crippen molar-refractivity contribution in [3.05, 3.63) is 59.5 Å². The average molecular weight is 344 g/mol. The number of furan rings is 1. The molecule has 2 amide bonds. The van der Waals surface area contributed by atoms with E-state index >= 15 is 0 Å². The van der Waals surface area contributed by atoms with Gasteiger partial charge in [0, 0.05) is 6.42 Å². The molecule has 6 nitrogen and oxygen atoms in total. The van der Waals surface area contributed by atoms with E-state index in [0.29, 0.717) is 18.6 Å². The lowest BCUT2D eigenvalue weighted by Gasteiger charge is -2.21. The average Bonchev–Trinajstić information content (AvgIpc) is 3.13. The maximum atomic E-state index is 11.8. The lowest BCUT2D eigenvalue weighted by molar-refractivity contribution is -0.126. The normalized spacial score (nSPS) is 13.1. The van der Waals surface area contributed by atoms with Gasteiger partial charge in [-0.25, -0.2) is 0 Å². The van der Waals surface area contributed by atoms with Gasteiger partial charge in [0.05, 0.1) is 19.4 Å². The Bertz CT molecular complexity index is 691. The Morgan fingerprint density at radius 2 is 1.84 bits per heavy atom. The minimum Gasteiger partial charge on any atom is -0.466 e. The molecular weight excluding hydrogens is 320 g/mol. The molecule has 0 fully saturated rings. The third-order valence-corrected chi connectivity index (χ3v) is 3.89. The van der Waals surface area contributed by atoms with Gasteiger partial charge < -0.3 is 20.2 Å². The first-order valence-corrected chi connectivity index (χ1v) is 8.22. The number of amides is 2. The van der Waals surface area contributed by atoms with Gasteiger partial charge in [0.15, 0.2) is 0 Å². The lowest BCUT2D eigenvalue weighted by atomic mass is 10.0. The Balaban J connectivity index is 1.67. The number of aryl methyl sites for hydroxylation is 2. The molecule has 1 unspecified atom stereocenters. The van der Waals surface area contributed by atoms with Crippen LogP contribution < -0.4 is 10.6 Å². The van der Waals surface area contributed by atoms with E-state index in [1.54, 1.807) is 19.1 Å². The summed E-state index contributed by atoms with van der Waals surface area (Å²) in [6.07, 6.45) is 2.40. The predicted octanol–water partition coefficient (Wildman–Crippen LogP) is 1.66. The monoisotopic (exact) mass is 344 g/mol. The highest BCUT2D eigenvalue weighted by Crippen LogP contribution is 2.19. The molecule has 2 aromatic rings. The summed E-state index contributed by atoms with van der Waals surface area (Å²) in [6.45, 7) is 3.43. The highest BCUT2D eigenvalue weighted by atomic mass is 16.4. The number of hydrogen-bond acceptors (Lipinski definition) is 4. The van der Waals surface area contributed by atoms with Crippen LogP contribution in [-0.4, -0.2) is 30.0 Å². The highest BCUT2D eigenvalue weighted by Gasteiger charge is 2.26. The summed E-state index contributed by atoms with van der Waals surface area (Å²) in [5, 5.41) is 15.4.